The van der Waals surface area contributed by atoms with Crippen LogP contribution in [-0.4, -0.2) is 43.1 Å². The Kier molecular flexibility index (Phi) is 7.09. The number of hydrogen-bond donors (Lipinski definition) is 2. The second kappa shape index (κ2) is 9.29. The normalized spacial score (nSPS) is 19.7. The summed E-state index contributed by atoms with van der Waals surface area (Å²) in [4.78, 5) is 17.7. The van der Waals surface area contributed by atoms with Gasteiger partial charge >= 0.3 is 0 Å². The SMILES string of the molecule is C=C(/C=C\C=C(/CCl)NC1=N/C(=C(/C)C=O)N(C)C(NC2CC2)=C1)OC. The average Bonchev–Trinajstić information content (AvgIpc) is 3.46. The molecule has 0 aromatic rings. The highest BCUT2D eigenvalue weighted by Crippen LogP contribution is 2.25. The Morgan fingerprint density at radius 3 is 2.85 bits per heavy atom. The fourth-order valence-electron chi connectivity index (χ4n) is 2.23. The van der Waals surface area contributed by atoms with Crippen LogP contribution in [0.4, 0.5) is 0 Å². The minimum Gasteiger partial charge on any atom is -0.497 e. The van der Waals surface area contributed by atoms with Crippen LogP contribution in [0.25, 0.3) is 0 Å². The fraction of sp³-hybridized carbons (Fsp3) is 0.368. The van der Waals surface area contributed by atoms with Crippen molar-refractivity contribution < 1.29 is 9.53 Å². The van der Waals surface area contributed by atoms with Gasteiger partial charge in [0.15, 0.2) is 0 Å². The van der Waals surface area contributed by atoms with Gasteiger partial charge in [-0.25, -0.2) is 4.99 Å². The average molecular weight is 377 g/mol. The summed E-state index contributed by atoms with van der Waals surface area (Å²) in [5.41, 5.74) is 1.32. The molecule has 0 radical (unpaired) electrons. The van der Waals surface area contributed by atoms with E-state index in [2.05, 4.69) is 22.2 Å². The van der Waals surface area contributed by atoms with E-state index in [-0.39, 0.29) is 5.88 Å². The number of carbonyl (C=O) groups excluding carboxylic acids is 1. The van der Waals surface area contributed by atoms with E-state index >= 15 is 0 Å². The van der Waals surface area contributed by atoms with Gasteiger partial charge < -0.3 is 20.3 Å². The van der Waals surface area contributed by atoms with Crippen molar-refractivity contribution in [3.63, 3.8) is 0 Å². The van der Waals surface area contributed by atoms with Gasteiger partial charge in [-0.2, -0.15) is 0 Å². The van der Waals surface area contributed by atoms with Crippen molar-refractivity contribution in [3.05, 3.63) is 59.6 Å². The van der Waals surface area contributed by atoms with Crippen LogP contribution in [0.3, 0.4) is 0 Å². The van der Waals surface area contributed by atoms with Gasteiger partial charge in [-0.1, -0.05) is 12.7 Å². The predicted octanol–water partition coefficient (Wildman–Crippen LogP) is 2.78. The number of carbonyl (C=O) groups is 1. The standard InChI is InChI=1S/C19H25ClN4O2/c1-13(12-25)19-23-17(10-18(24(19)3)22-15-8-9-15)21-16(11-20)7-5-6-14(2)26-4/h5-7,10,12,15,22H,2,8-9,11H2,1,3-4H3,(H,21,23)/b6-5-,16-7+,19-13+. The maximum Gasteiger partial charge on any atom is 0.149 e. The summed E-state index contributed by atoms with van der Waals surface area (Å²) in [6.07, 6.45) is 10.4. The molecule has 1 saturated carbocycles. The highest BCUT2D eigenvalue weighted by atomic mass is 35.5. The number of ether oxygens (including phenoxy) is 1. The number of nitrogens with one attached hydrogen (secondary N) is 2. The minimum absolute atomic E-state index is 0.281. The summed E-state index contributed by atoms with van der Waals surface area (Å²) in [6, 6.07) is 0.479. The molecule has 0 atom stereocenters. The lowest BCUT2D eigenvalue weighted by Gasteiger charge is -2.29. The first-order valence-corrected chi connectivity index (χ1v) is 8.91. The Morgan fingerprint density at radius 2 is 2.27 bits per heavy atom. The zero-order valence-corrected chi connectivity index (χ0v) is 16.1. The molecule has 6 nitrogen and oxygen atoms in total. The molecule has 7 heteroatoms. The molecule has 0 aromatic carbocycles. The van der Waals surface area contributed by atoms with E-state index in [1.807, 2.05) is 24.1 Å². The van der Waals surface area contributed by atoms with Crippen molar-refractivity contribution in [2.75, 3.05) is 20.0 Å². The molecule has 0 spiro atoms. The van der Waals surface area contributed by atoms with Crippen LogP contribution in [0.5, 0.6) is 0 Å². The summed E-state index contributed by atoms with van der Waals surface area (Å²) in [5, 5.41) is 6.67. The molecule has 1 heterocycles. The van der Waals surface area contributed by atoms with Gasteiger partial charge in [-0.15, -0.1) is 11.6 Å². The number of aldehydes is 1. The molecule has 1 fully saturated rings. The Labute approximate surface area is 159 Å². The molecule has 0 bridgehead atoms. The number of methoxy groups -OCH3 is 1. The molecule has 0 aromatic heterocycles. The molecule has 2 rings (SSSR count). The second-order valence-electron chi connectivity index (χ2n) is 6.11. The van der Waals surface area contributed by atoms with E-state index < -0.39 is 0 Å². The largest absolute Gasteiger partial charge is 0.497 e. The second-order valence-corrected chi connectivity index (χ2v) is 6.38. The molecule has 1 aliphatic heterocycles. The number of nitrogens with zero attached hydrogens (tertiary/aromatic N) is 2. The van der Waals surface area contributed by atoms with Crippen LogP contribution in [0.15, 0.2) is 64.5 Å². The Balaban J connectivity index is 2.24. The van der Waals surface area contributed by atoms with Crippen molar-refractivity contribution in [2.45, 2.75) is 25.8 Å². The maximum atomic E-state index is 11.2. The summed E-state index contributed by atoms with van der Waals surface area (Å²) < 4.78 is 4.99. The highest BCUT2D eigenvalue weighted by molar-refractivity contribution is 6.19. The first-order chi connectivity index (χ1) is 12.5. The van der Waals surface area contributed by atoms with E-state index in [9.17, 15) is 4.79 Å². The zero-order valence-electron chi connectivity index (χ0n) is 15.4. The molecule has 0 amide bonds. The summed E-state index contributed by atoms with van der Waals surface area (Å²) in [7, 11) is 3.45. The Hall–Kier alpha value is -2.47. The molecule has 140 valence electrons. The van der Waals surface area contributed by atoms with Crippen LogP contribution < -0.4 is 10.6 Å². The summed E-state index contributed by atoms with van der Waals surface area (Å²) >= 11 is 6.03. The van der Waals surface area contributed by atoms with E-state index in [4.69, 9.17) is 16.3 Å². The third-order valence-electron chi connectivity index (χ3n) is 3.91. The van der Waals surface area contributed by atoms with Crippen molar-refractivity contribution >= 4 is 23.7 Å². The first kappa shape index (κ1) is 19.8. The minimum atomic E-state index is 0.281. The summed E-state index contributed by atoms with van der Waals surface area (Å²) in [6.45, 7) is 5.47. The number of hydrogen-bond acceptors (Lipinski definition) is 6. The van der Waals surface area contributed by atoms with E-state index in [0.717, 1.165) is 30.6 Å². The van der Waals surface area contributed by atoms with Crippen LogP contribution in [0.1, 0.15) is 19.8 Å². The van der Waals surface area contributed by atoms with Crippen molar-refractivity contribution in [1.82, 2.24) is 15.5 Å². The van der Waals surface area contributed by atoms with E-state index in [1.54, 1.807) is 26.2 Å². The monoisotopic (exact) mass is 376 g/mol. The third kappa shape index (κ3) is 5.52. The van der Waals surface area contributed by atoms with Gasteiger partial charge in [0.05, 0.1) is 13.0 Å². The fourth-order valence-corrected chi connectivity index (χ4v) is 2.39. The number of halogens is 1. The van der Waals surface area contributed by atoms with Crippen molar-refractivity contribution in [1.29, 1.82) is 0 Å². The highest BCUT2D eigenvalue weighted by Gasteiger charge is 2.26. The Morgan fingerprint density at radius 1 is 1.54 bits per heavy atom. The maximum absolute atomic E-state index is 11.2. The summed E-state index contributed by atoms with van der Waals surface area (Å²) in [5.74, 6) is 2.95. The van der Waals surface area contributed by atoms with Crippen LogP contribution in [-0.2, 0) is 9.53 Å². The number of rotatable bonds is 8. The number of allylic oxidation sites excluding steroid dienone is 5. The first-order valence-electron chi connectivity index (χ1n) is 8.38. The van der Waals surface area contributed by atoms with Gasteiger partial charge in [0.2, 0.25) is 0 Å². The lowest BCUT2D eigenvalue weighted by molar-refractivity contribution is -0.105. The Bertz CT molecular complexity index is 715. The van der Waals surface area contributed by atoms with Crippen molar-refractivity contribution in [2.24, 2.45) is 4.99 Å². The van der Waals surface area contributed by atoms with Gasteiger partial charge in [0.1, 0.15) is 29.5 Å². The molecule has 2 aliphatic rings. The number of aliphatic imine (C=N–C) groups is 1. The van der Waals surface area contributed by atoms with Crippen LogP contribution in [0.2, 0.25) is 0 Å². The third-order valence-corrected chi connectivity index (χ3v) is 4.20. The molecule has 0 saturated heterocycles. The van der Waals surface area contributed by atoms with E-state index in [0.29, 0.717) is 29.0 Å². The van der Waals surface area contributed by atoms with Crippen LogP contribution in [0, 0.1) is 0 Å². The smallest absolute Gasteiger partial charge is 0.149 e. The topological polar surface area (TPSA) is 66.0 Å². The zero-order chi connectivity index (χ0) is 19.1. The number of amidine groups is 1. The molecule has 2 N–H and O–H groups in total. The van der Waals surface area contributed by atoms with E-state index in [1.165, 1.54) is 0 Å². The number of alkyl halides is 1. The molecular formula is C19H25ClN4O2. The van der Waals surface area contributed by atoms with Crippen molar-refractivity contribution in [3.8, 4) is 0 Å². The molecule has 0 unspecified atom stereocenters. The molecule has 1 aliphatic carbocycles. The van der Waals surface area contributed by atoms with Gasteiger partial charge in [0.25, 0.3) is 0 Å². The quantitative estimate of drug-likeness (QED) is 0.224. The lowest BCUT2D eigenvalue weighted by Crippen LogP contribution is -2.36. The van der Waals surface area contributed by atoms with Crippen LogP contribution >= 0.6 is 11.6 Å². The predicted molar refractivity (Wildman–Crippen MR) is 105 cm³/mol. The van der Waals surface area contributed by atoms with Gasteiger partial charge in [0, 0.05) is 30.4 Å². The van der Waals surface area contributed by atoms with Gasteiger partial charge in [-0.3, -0.25) is 4.79 Å². The molecule has 26 heavy (non-hydrogen) atoms. The van der Waals surface area contributed by atoms with Gasteiger partial charge in [-0.05, 0) is 31.9 Å². The lowest BCUT2D eigenvalue weighted by atomic mass is 10.2. The molecular weight excluding hydrogens is 352 g/mol.